The summed E-state index contributed by atoms with van der Waals surface area (Å²) in [5.41, 5.74) is 3.93. The summed E-state index contributed by atoms with van der Waals surface area (Å²) >= 11 is 0. The second-order valence-corrected chi connectivity index (χ2v) is 6.55. The molecule has 0 aliphatic heterocycles. The van der Waals surface area contributed by atoms with Crippen molar-refractivity contribution >= 4 is 9.84 Å². The van der Waals surface area contributed by atoms with Crippen LogP contribution in [-0.2, 0) is 9.84 Å². The summed E-state index contributed by atoms with van der Waals surface area (Å²) < 4.78 is 28.6. The van der Waals surface area contributed by atoms with E-state index in [9.17, 15) is 8.42 Å². The Bertz CT molecular complexity index is 732. The highest BCUT2D eigenvalue weighted by atomic mass is 32.2. The second kappa shape index (κ2) is 6.21. The maximum atomic E-state index is 11.7. The summed E-state index contributed by atoms with van der Waals surface area (Å²) in [6.07, 6.45) is 2.79. The first-order valence-corrected chi connectivity index (χ1v) is 8.11. The predicted octanol–water partition coefficient (Wildman–Crippen LogP) is 1.05. The number of methoxy groups -OCH3 is 1. The van der Waals surface area contributed by atoms with Gasteiger partial charge in [0.1, 0.15) is 11.4 Å². The smallest absolute Gasteiger partial charge is 0.175 e. The fourth-order valence-corrected chi connectivity index (χ4v) is 2.73. The van der Waals surface area contributed by atoms with E-state index < -0.39 is 15.9 Å². The van der Waals surface area contributed by atoms with Crippen LogP contribution in [0.2, 0.25) is 0 Å². The van der Waals surface area contributed by atoms with Crippen molar-refractivity contribution in [3.05, 3.63) is 53.9 Å². The van der Waals surface area contributed by atoms with Crippen LogP contribution in [0, 0.1) is 0 Å². The number of pyridine rings is 1. The lowest BCUT2D eigenvalue weighted by molar-refractivity contribution is 0.400. The van der Waals surface area contributed by atoms with Gasteiger partial charge >= 0.3 is 0 Å². The fraction of sp³-hybridized carbons (Fsp3) is 0.214. The van der Waals surface area contributed by atoms with Crippen LogP contribution in [0.25, 0.3) is 0 Å². The Kier molecular flexibility index (Phi) is 4.56. The molecule has 2 aromatic rings. The molecule has 2 rings (SSSR count). The van der Waals surface area contributed by atoms with Crippen molar-refractivity contribution in [3.8, 4) is 5.75 Å². The largest absolute Gasteiger partial charge is 0.495 e. The van der Waals surface area contributed by atoms with Gasteiger partial charge in [0.05, 0.1) is 18.0 Å². The average Bonchev–Trinajstić information content (AvgIpc) is 2.48. The molecular formula is C14H17N3O3S. The third-order valence-electron chi connectivity index (χ3n) is 3.08. The van der Waals surface area contributed by atoms with E-state index in [0.29, 0.717) is 17.0 Å². The number of aromatic nitrogens is 1. The monoisotopic (exact) mass is 307 g/mol. The van der Waals surface area contributed by atoms with Gasteiger partial charge in [0.25, 0.3) is 0 Å². The van der Waals surface area contributed by atoms with Gasteiger partial charge < -0.3 is 4.74 Å². The van der Waals surface area contributed by atoms with E-state index in [1.54, 1.807) is 49.7 Å². The third kappa shape index (κ3) is 3.38. The molecule has 0 fully saturated rings. The summed E-state index contributed by atoms with van der Waals surface area (Å²) in [6.45, 7) is 0. The van der Waals surface area contributed by atoms with E-state index >= 15 is 0 Å². The van der Waals surface area contributed by atoms with Crippen molar-refractivity contribution in [2.45, 2.75) is 10.9 Å². The van der Waals surface area contributed by atoms with Crippen LogP contribution in [0.3, 0.4) is 0 Å². The molecule has 1 heterocycles. The van der Waals surface area contributed by atoms with Crippen molar-refractivity contribution in [2.75, 3.05) is 13.4 Å². The number of nitrogens with one attached hydrogen (secondary N) is 1. The van der Waals surface area contributed by atoms with Gasteiger partial charge in [0.2, 0.25) is 0 Å². The molecule has 0 radical (unpaired) electrons. The molecule has 0 saturated heterocycles. The Balaban J connectivity index is 2.52. The van der Waals surface area contributed by atoms with E-state index in [-0.39, 0.29) is 4.90 Å². The number of hydrogen-bond acceptors (Lipinski definition) is 6. The number of sulfone groups is 1. The average molecular weight is 307 g/mol. The summed E-state index contributed by atoms with van der Waals surface area (Å²) in [5.74, 6) is 6.20. The van der Waals surface area contributed by atoms with Crippen molar-refractivity contribution < 1.29 is 13.2 Å². The highest BCUT2D eigenvalue weighted by molar-refractivity contribution is 7.90. The zero-order valence-electron chi connectivity index (χ0n) is 11.8. The maximum absolute atomic E-state index is 11.7. The zero-order chi connectivity index (χ0) is 15.5. The van der Waals surface area contributed by atoms with Gasteiger partial charge in [-0.25, -0.2) is 13.8 Å². The molecule has 0 saturated carbocycles. The molecule has 1 atom stereocenters. The lowest BCUT2D eigenvalue weighted by atomic mass is 10.0. The van der Waals surface area contributed by atoms with Gasteiger partial charge in [0.15, 0.2) is 9.84 Å². The van der Waals surface area contributed by atoms with E-state index in [4.69, 9.17) is 10.6 Å². The topological polar surface area (TPSA) is 94.3 Å². The minimum Gasteiger partial charge on any atom is -0.495 e. The Morgan fingerprint density at radius 1 is 1.29 bits per heavy atom. The number of nitrogens with zero attached hydrogens (tertiary/aromatic N) is 1. The number of hydrazine groups is 1. The van der Waals surface area contributed by atoms with E-state index in [1.165, 1.54) is 6.26 Å². The van der Waals surface area contributed by atoms with Gasteiger partial charge in [-0.15, -0.1) is 0 Å². The number of hydrogen-bond donors (Lipinski definition) is 2. The van der Waals surface area contributed by atoms with Crippen LogP contribution >= 0.6 is 0 Å². The van der Waals surface area contributed by atoms with Gasteiger partial charge in [0, 0.05) is 12.5 Å². The van der Waals surface area contributed by atoms with Gasteiger partial charge in [-0.1, -0.05) is 12.1 Å². The molecule has 112 valence electrons. The van der Waals surface area contributed by atoms with Crippen LogP contribution in [0.4, 0.5) is 0 Å². The Labute approximate surface area is 123 Å². The molecule has 7 heteroatoms. The first-order chi connectivity index (χ1) is 9.97. The van der Waals surface area contributed by atoms with E-state index in [0.717, 1.165) is 0 Å². The molecule has 0 spiro atoms. The number of nitrogens with two attached hydrogens (primary N) is 1. The standard InChI is InChI=1S/C14H17N3O3S/c1-20-12-7-4-8-16-14(12)13(17-15)10-5-3-6-11(9-10)21(2,18)19/h3-9,13,17H,15H2,1-2H3. The lowest BCUT2D eigenvalue weighted by Crippen LogP contribution is -2.30. The third-order valence-corrected chi connectivity index (χ3v) is 4.19. The van der Waals surface area contributed by atoms with Gasteiger partial charge in [-0.3, -0.25) is 10.8 Å². The Hall–Kier alpha value is -1.96. The minimum atomic E-state index is -3.29. The normalized spacial score (nSPS) is 12.9. The molecule has 0 aliphatic rings. The fourth-order valence-electron chi connectivity index (χ4n) is 2.05. The summed E-state index contributed by atoms with van der Waals surface area (Å²) in [4.78, 5) is 4.50. The van der Waals surface area contributed by atoms with Crippen LogP contribution < -0.4 is 16.0 Å². The Morgan fingerprint density at radius 3 is 2.67 bits per heavy atom. The SMILES string of the molecule is COc1cccnc1C(NN)c1cccc(S(C)(=O)=O)c1. The highest BCUT2D eigenvalue weighted by Crippen LogP contribution is 2.28. The summed E-state index contributed by atoms with van der Waals surface area (Å²) in [7, 11) is -1.74. The van der Waals surface area contributed by atoms with Crippen LogP contribution in [0.5, 0.6) is 5.75 Å². The lowest BCUT2D eigenvalue weighted by Gasteiger charge is -2.18. The molecule has 21 heavy (non-hydrogen) atoms. The molecule has 1 aromatic heterocycles. The Morgan fingerprint density at radius 2 is 2.05 bits per heavy atom. The van der Waals surface area contributed by atoms with Gasteiger partial charge in [-0.05, 0) is 29.8 Å². The minimum absolute atomic E-state index is 0.232. The summed E-state index contributed by atoms with van der Waals surface area (Å²) in [5, 5.41) is 0. The molecule has 1 aromatic carbocycles. The molecular weight excluding hydrogens is 290 g/mol. The predicted molar refractivity (Wildman–Crippen MR) is 79.5 cm³/mol. The van der Waals surface area contributed by atoms with Crippen LogP contribution in [0.1, 0.15) is 17.3 Å². The van der Waals surface area contributed by atoms with E-state index in [2.05, 4.69) is 10.4 Å². The quantitative estimate of drug-likeness (QED) is 0.633. The van der Waals surface area contributed by atoms with Crippen LogP contribution in [-0.4, -0.2) is 26.8 Å². The van der Waals surface area contributed by atoms with E-state index in [1.807, 2.05) is 0 Å². The number of ether oxygens (including phenoxy) is 1. The summed E-state index contributed by atoms with van der Waals surface area (Å²) in [6, 6.07) is 9.63. The van der Waals surface area contributed by atoms with Crippen molar-refractivity contribution in [2.24, 2.45) is 5.84 Å². The van der Waals surface area contributed by atoms with Crippen molar-refractivity contribution in [1.82, 2.24) is 10.4 Å². The molecule has 0 aliphatic carbocycles. The van der Waals surface area contributed by atoms with Crippen LogP contribution in [0.15, 0.2) is 47.5 Å². The zero-order valence-corrected chi connectivity index (χ0v) is 12.6. The molecule has 0 bridgehead atoms. The molecule has 3 N–H and O–H groups in total. The molecule has 0 amide bonds. The number of benzene rings is 1. The van der Waals surface area contributed by atoms with Crippen molar-refractivity contribution in [3.63, 3.8) is 0 Å². The molecule has 6 nitrogen and oxygen atoms in total. The maximum Gasteiger partial charge on any atom is 0.175 e. The first-order valence-electron chi connectivity index (χ1n) is 6.22. The van der Waals surface area contributed by atoms with Gasteiger partial charge in [-0.2, -0.15) is 0 Å². The van der Waals surface area contributed by atoms with Crippen molar-refractivity contribution in [1.29, 1.82) is 0 Å². The second-order valence-electron chi connectivity index (χ2n) is 4.54. The highest BCUT2D eigenvalue weighted by Gasteiger charge is 2.19. The number of rotatable bonds is 5. The molecule has 1 unspecified atom stereocenters. The first kappa shape index (κ1) is 15.4.